The topological polar surface area (TPSA) is 307 Å². The summed E-state index contributed by atoms with van der Waals surface area (Å²) in [7, 11) is 0. The summed E-state index contributed by atoms with van der Waals surface area (Å²) >= 11 is 0. The molecule has 3 aliphatic rings. The van der Waals surface area contributed by atoms with E-state index in [4.69, 9.17) is 28.4 Å². The van der Waals surface area contributed by atoms with E-state index in [-0.39, 0.29) is 18.9 Å². The predicted molar refractivity (Wildman–Crippen MR) is 318 cm³/mol. The van der Waals surface area contributed by atoms with E-state index in [0.717, 1.165) is 64.2 Å². The first kappa shape index (κ1) is 74.7. The molecule has 19 heteroatoms. The molecule has 0 aromatic heterocycles. The Morgan fingerprint density at radius 2 is 0.807 bits per heavy atom. The van der Waals surface area contributed by atoms with Gasteiger partial charge < -0.3 is 89.9 Å². The molecule has 3 aliphatic heterocycles. The number of hydrogen-bond donors (Lipinski definition) is 12. The maximum atomic E-state index is 13.3. The molecule has 0 saturated carbocycles. The van der Waals surface area contributed by atoms with E-state index in [1.807, 2.05) is 6.08 Å². The fourth-order valence-corrected chi connectivity index (χ4v) is 10.5. The van der Waals surface area contributed by atoms with Gasteiger partial charge in [-0.25, -0.2) is 0 Å². The Morgan fingerprint density at radius 1 is 0.434 bits per heavy atom. The summed E-state index contributed by atoms with van der Waals surface area (Å²) in [4.78, 5) is 13.3. The summed E-state index contributed by atoms with van der Waals surface area (Å²) in [5.74, 6) is -0.292. The second kappa shape index (κ2) is 46.6. The lowest BCUT2D eigenvalue weighted by Crippen LogP contribution is -2.66. The number of aliphatic hydroxyl groups is 11. The van der Waals surface area contributed by atoms with Gasteiger partial charge in [-0.1, -0.05) is 190 Å². The van der Waals surface area contributed by atoms with Gasteiger partial charge in [-0.2, -0.15) is 0 Å². The molecule has 0 aromatic carbocycles. The Morgan fingerprint density at radius 3 is 1.29 bits per heavy atom. The molecule has 17 unspecified atom stereocenters. The normalized spacial score (nSPS) is 29.8. The van der Waals surface area contributed by atoms with Crippen molar-refractivity contribution in [1.29, 1.82) is 0 Å². The van der Waals surface area contributed by atoms with Crippen LogP contribution in [0, 0.1) is 0 Å². The van der Waals surface area contributed by atoms with Crippen LogP contribution in [0.1, 0.15) is 206 Å². The zero-order valence-electron chi connectivity index (χ0n) is 50.4. The summed E-state index contributed by atoms with van der Waals surface area (Å²) < 4.78 is 34.2. The molecule has 0 aromatic rings. The first-order chi connectivity index (χ1) is 40.3. The lowest BCUT2D eigenvalue weighted by Gasteiger charge is -2.48. The van der Waals surface area contributed by atoms with Gasteiger partial charge in [0.05, 0.1) is 38.6 Å². The van der Waals surface area contributed by atoms with Crippen molar-refractivity contribution < 1.29 is 89.4 Å². The fourth-order valence-electron chi connectivity index (χ4n) is 10.5. The van der Waals surface area contributed by atoms with Gasteiger partial charge >= 0.3 is 0 Å². The van der Waals surface area contributed by atoms with Crippen molar-refractivity contribution >= 4 is 5.91 Å². The minimum Gasteiger partial charge on any atom is -0.394 e. The minimum atomic E-state index is -1.98. The van der Waals surface area contributed by atoms with E-state index in [2.05, 4.69) is 67.8 Å². The van der Waals surface area contributed by atoms with Gasteiger partial charge in [0.25, 0.3) is 0 Å². The largest absolute Gasteiger partial charge is 0.394 e. The molecule has 3 rings (SSSR count). The van der Waals surface area contributed by atoms with E-state index >= 15 is 0 Å². The molecule has 17 atom stereocenters. The standard InChI is InChI=1S/C64H113NO18/c1-3-5-7-9-11-13-15-17-18-19-20-21-22-23-24-25-26-27-28-30-32-34-36-38-40-42-52(70)65-47(48(69)41-39-37-35-33-31-29-16-14-12-10-8-6-4-2)46-78-62-58(76)55(73)60(50(44-67)80-62)83-64-59(77)56(74)61(51(45-68)81-64)82-63-57(75)54(72)53(71)49(43-66)79-63/h15,17,19-20,22-23,31,33,39,41,47-51,53-64,66-69,71-77H,3-14,16,18,21,24-30,32,34-38,40,42-46H2,1-2H3,(H,65,70)/b17-15-,20-19-,23-22-,33-31+,41-39+. The molecule has 83 heavy (non-hydrogen) atoms. The monoisotopic (exact) mass is 1180 g/mol. The van der Waals surface area contributed by atoms with Crippen LogP contribution in [0.3, 0.4) is 0 Å². The first-order valence-electron chi connectivity index (χ1n) is 32.0. The van der Waals surface area contributed by atoms with E-state index in [0.29, 0.717) is 12.8 Å². The number of carbonyl (C=O) groups is 1. The summed E-state index contributed by atoms with van der Waals surface area (Å²) in [5, 5.41) is 120. The lowest BCUT2D eigenvalue weighted by molar-refractivity contribution is -0.379. The van der Waals surface area contributed by atoms with Crippen LogP contribution in [0.4, 0.5) is 0 Å². The van der Waals surface area contributed by atoms with Crippen molar-refractivity contribution in [3.8, 4) is 0 Å². The van der Waals surface area contributed by atoms with Gasteiger partial charge in [0.15, 0.2) is 18.9 Å². The van der Waals surface area contributed by atoms with Gasteiger partial charge in [-0.05, 0) is 70.6 Å². The highest BCUT2D eigenvalue weighted by Crippen LogP contribution is 2.33. The van der Waals surface area contributed by atoms with Gasteiger partial charge in [0.2, 0.25) is 5.91 Å². The molecule has 3 heterocycles. The van der Waals surface area contributed by atoms with Crippen LogP contribution >= 0.6 is 0 Å². The Balaban J connectivity index is 1.45. The van der Waals surface area contributed by atoms with Gasteiger partial charge in [-0.3, -0.25) is 4.79 Å². The maximum Gasteiger partial charge on any atom is 0.220 e. The molecule has 0 spiro atoms. The number of aliphatic hydroxyl groups excluding tert-OH is 11. The maximum absolute atomic E-state index is 13.3. The third kappa shape index (κ3) is 29.8. The number of ether oxygens (including phenoxy) is 6. The van der Waals surface area contributed by atoms with Crippen LogP contribution in [0.15, 0.2) is 60.8 Å². The molecule has 12 N–H and O–H groups in total. The molecule has 3 fully saturated rings. The predicted octanol–water partition coefficient (Wildman–Crippen LogP) is 6.82. The highest BCUT2D eigenvalue weighted by atomic mass is 16.8. The number of hydrogen-bond acceptors (Lipinski definition) is 18. The highest BCUT2D eigenvalue weighted by Gasteiger charge is 2.53. The van der Waals surface area contributed by atoms with Crippen LogP contribution in [0.25, 0.3) is 0 Å². The van der Waals surface area contributed by atoms with E-state index in [1.165, 1.54) is 109 Å². The summed E-state index contributed by atoms with van der Waals surface area (Å²) in [6.45, 7) is 1.67. The van der Waals surface area contributed by atoms with Crippen molar-refractivity contribution in [3.05, 3.63) is 60.8 Å². The van der Waals surface area contributed by atoms with Crippen molar-refractivity contribution in [2.75, 3.05) is 26.4 Å². The Bertz CT molecular complexity index is 1750. The van der Waals surface area contributed by atoms with Crippen molar-refractivity contribution in [2.45, 2.75) is 311 Å². The van der Waals surface area contributed by atoms with E-state index < -0.39 is 124 Å². The molecular weight excluding hydrogens is 1070 g/mol. The molecule has 3 saturated heterocycles. The average Bonchev–Trinajstić information content (AvgIpc) is 3.57. The second-order valence-corrected chi connectivity index (χ2v) is 22.9. The number of rotatable bonds is 47. The van der Waals surface area contributed by atoms with Crippen LogP contribution < -0.4 is 5.32 Å². The first-order valence-corrected chi connectivity index (χ1v) is 32.0. The summed E-state index contributed by atoms with van der Waals surface area (Å²) in [5.41, 5.74) is 0. The number of amides is 1. The van der Waals surface area contributed by atoms with Crippen LogP contribution in [-0.4, -0.2) is 193 Å². The van der Waals surface area contributed by atoms with Gasteiger partial charge in [-0.15, -0.1) is 0 Å². The summed E-state index contributed by atoms with van der Waals surface area (Å²) in [6.07, 6.45) is 27.7. The average molecular weight is 1180 g/mol. The Hall–Kier alpha value is -2.51. The number of allylic oxidation sites excluding steroid dienone is 9. The van der Waals surface area contributed by atoms with Crippen LogP contribution in [-0.2, 0) is 33.2 Å². The highest BCUT2D eigenvalue weighted by molar-refractivity contribution is 5.76. The third-order valence-electron chi connectivity index (χ3n) is 15.8. The zero-order valence-corrected chi connectivity index (χ0v) is 50.4. The number of nitrogens with one attached hydrogen (secondary N) is 1. The molecule has 1 amide bonds. The fraction of sp³-hybridized carbons (Fsp3) is 0.828. The van der Waals surface area contributed by atoms with Gasteiger partial charge in [0, 0.05) is 6.42 Å². The SMILES string of the molecule is CCCCCCC/C=C\C/C=C\C/C=C\CCCCCCCCCCCCC(=O)NC(COC1OC(CO)C(OC2OC(CO)C(OC3OC(CO)C(O)C(O)C3O)C(O)C2O)C(O)C1O)C(O)/C=C/CC/C=C/CCCCCCCCC. The molecule has 0 bridgehead atoms. The van der Waals surface area contributed by atoms with Gasteiger partial charge in [0.1, 0.15) is 73.2 Å². The van der Waals surface area contributed by atoms with E-state index in [9.17, 15) is 61.0 Å². The lowest BCUT2D eigenvalue weighted by atomic mass is 9.96. The van der Waals surface area contributed by atoms with Crippen molar-refractivity contribution in [2.24, 2.45) is 0 Å². The number of unbranched alkanes of at least 4 members (excludes halogenated alkanes) is 23. The molecular formula is C64H113NO18. The quantitative estimate of drug-likeness (QED) is 0.0220. The molecule has 19 nitrogen and oxygen atoms in total. The third-order valence-corrected chi connectivity index (χ3v) is 15.8. The van der Waals surface area contributed by atoms with Crippen LogP contribution in [0.2, 0.25) is 0 Å². The van der Waals surface area contributed by atoms with Crippen molar-refractivity contribution in [3.63, 3.8) is 0 Å². The van der Waals surface area contributed by atoms with Crippen molar-refractivity contribution in [1.82, 2.24) is 5.32 Å². The minimum absolute atomic E-state index is 0.228. The Kier molecular flexibility index (Phi) is 42.0. The second-order valence-electron chi connectivity index (χ2n) is 22.9. The number of carbonyl (C=O) groups excluding carboxylic acids is 1. The van der Waals surface area contributed by atoms with E-state index in [1.54, 1.807) is 6.08 Å². The Labute approximate surface area is 496 Å². The summed E-state index contributed by atoms with van der Waals surface area (Å²) in [6, 6.07) is -0.993. The molecule has 0 radical (unpaired) electrons. The molecule has 0 aliphatic carbocycles. The smallest absolute Gasteiger partial charge is 0.220 e. The zero-order chi connectivity index (χ0) is 60.5. The molecule has 482 valence electrons. The van der Waals surface area contributed by atoms with Crippen LogP contribution in [0.5, 0.6) is 0 Å².